The van der Waals surface area contributed by atoms with Gasteiger partial charge in [0.15, 0.2) is 5.82 Å². The van der Waals surface area contributed by atoms with Gasteiger partial charge in [0.25, 0.3) is 0 Å². The predicted molar refractivity (Wildman–Crippen MR) is 92.3 cm³/mol. The molecule has 3 rings (SSSR count). The van der Waals surface area contributed by atoms with E-state index in [-0.39, 0.29) is 11.8 Å². The van der Waals surface area contributed by atoms with E-state index in [2.05, 4.69) is 20.8 Å². The fourth-order valence-electron chi connectivity index (χ4n) is 3.70. The molecule has 0 aromatic carbocycles. The van der Waals surface area contributed by atoms with Crippen LogP contribution in [0.2, 0.25) is 0 Å². The number of carbonyl (C=O) groups excluding carboxylic acids is 1. The van der Waals surface area contributed by atoms with Gasteiger partial charge in [-0.25, -0.2) is 0 Å². The fraction of sp³-hybridized carbons (Fsp3) is 0.722. The lowest BCUT2D eigenvalue weighted by molar-refractivity contribution is -0.120. The molecule has 1 heterocycles. The second-order valence-corrected chi connectivity index (χ2v) is 6.96. The first kappa shape index (κ1) is 16.2. The highest BCUT2D eigenvalue weighted by Crippen LogP contribution is 2.25. The molecule has 0 atom stereocenters. The Morgan fingerprint density at radius 2 is 1.39 bits per heavy atom. The summed E-state index contributed by atoms with van der Waals surface area (Å²) in [6.45, 7) is 0. The molecule has 5 nitrogen and oxygen atoms in total. The third kappa shape index (κ3) is 4.91. The van der Waals surface area contributed by atoms with E-state index in [9.17, 15) is 4.79 Å². The molecule has 1 aromatic heterocycles. The summed E-state index contributed by atoms with van der Waals surface area (Å²) in [6, 6.07) is 4.29. The zero-order chi connectivity index (χ0) is 15.9. The summed E-state index contributed by atoms with van der Waals surface area (Å²) in [5.74, 6) is 1.62. The smallest absolute Gasteiger partial charge is 0.228 e. The SMILES string of the molecule is O=C(Nc1ccc(NC2CCCCCC2)nn1)C1CCCCC1. The van der Waals surface area contributed by atoms with Crippen LogP contribution in [0.4, 0.5) is 11.6 Å². The normalized spacial score (nSPS) is 20.7. The van der Waals surface area contributed by atoms with Crippen LogP contribution in [-0.2, 0) is 4.79 Å². The lowest BCUT2D eigenvalue weighted by Crippen LogP contribution is -2.25. The molecule has 2 saturated carbocycles. The molecule has 0 spiro atoms. The van der Waals surface area contributed by atoms with E-state index in [0.717, 1.165) is 31.5 Å². The quantitative estimate of drug-likeness (QED) is 0.820. The zero-order valence-corrected chi connectivity index (χ0v) is 13.9. The number of nitrogens with zero attached hydrogens (tertiary/aromatic N) is 2. The molecule has 2 aliphatic carbocycles. The van der Waals surface area contributed by atoms with Gasteiger partial charge in [0.05, 0.1) is 0 Å². The van der Waals surface area contributed by atoms with E-state index in [1.54, 1.807) is 0 Å². The van der Waals surface area contributed by atoms with Gasteiger partial charge in [-0.3, -0.25) is 4.79 Å². The monoisotopic (exact) mass is 316 g/mol. The number of aromatic nitrogens is 2. The summed E-state index contributed by atoms with van der Waals surface area (Å²) in [7, 11) is 0. The fourth-order valence-corrected chi connectivity index (χ4v) is 3.70. The number of rotatable bonds is 4. The third-order valence-electron chi connectivity index (χ3n) is 5.10. The van der Waals surface area contributed by atoms with Gasteiger partial charge in [-0.15, -0.1) is 10.2 Å². The Labute approximate surface area is 138 Å². The van der Waals surface area contributed by atoms with Crippen molar-refractivity contribution in [2.45, 2.75) is 76.7 Å². The molecule has 126 valence electrons. The van der Waals surface area contributed by atoms with Crippen LogP contribution in [0.3, 0.4) is 0 Å². The Morgan fingerprint density at radius 3 is 2.04 bits per heavy atom. The highest BCUT2D eigenvalue weighted by molar-refractivity contribution is 5.91. The minimum atomic E-state index is 0.100. The summed E-state index contributed by atoms with van der Waals surface area (Å²) < 4.78 is 0. The summed E-state index contributed by atoms with van der Waals surface area (Å²) in [5.41, 5.74) is 0. The van der Waals surface area contributed by atoms with Crippen LogP contribution in [0.5, 0.6) is 0 Å². The Kier molecular flexibility index (Phi) is 5.83. The number of amides is 1. The number of hydrogen-bond donors (Lipinski definition) is 2. The van der Waals surface area contributed by atoms with Crippen molar-refractivity contribution in [2.75, 3.05) is 10.6 Å². The van der Waals surface area contributed by atoms with Crippen molar-refractivity contribution in [1.29, 1.82) is 0 Å². The summed E-state index contributed by atoms with van der Waals surface area (Å²) in [6.07, 6.45) is 13.3. The van der Waals surface area contributed by atoms with Gasteiger partial charge >= 0.3 is 0 Å². The molecular weight excluding hydrogens is 288 g/mol. The highest BCUT2D eigenvalue weighted by Gasteiger charge is 2.21. The van der Waals surface area contributed by atoms with Gasteiger partial charge in [0.2, 0.25) is 5.91 Å². The maximum absolute atomic E-state index is 12.2. The maximum Gasteiger partial charge on any atom is 0.228 e. The number of carbonyl (C=O) groups is 1. The molecule has 2 fully saturated rings. The Hall–Kier alpha value is -1.65. The summed E-state index contributed by atoms with van der Waals surface area (Å²) >= 11 is 0. The number of hydrogen-bond acceptors (Lipinski definition) is 4. The summed E-state index contributed by atoms with van der Waals surface area (Å²) in [4.78, 5) is 12.2. The van der Waals surface area contributed by atoms with Crippen molar-refractivity contribution >= 4 is 17.5 Å². The van der Waals surface area contributed by atoms with Crippen LogP contribution in [0.25, 0.3) is 0 Å². The predicted octanol–water partition coefficient (Wildman–Crippen LogP) is 4.13. The van der Waals surface area contributed by atoms with Gasteiger partial charge in [-0.05, 0) is 37.8 Å². The third-order valence-corrected chi connectivity index (χ3v) is 5.10. The number of nitrogens with one attached hydrogen (secondary N) is 2. The summed E-state index contributed by atoms with van der Waals surface area (Å²) in [5, 5.41) is 14.8. The Morgan fingerprint density at radius 1 is 0.826 bits per heavy atom. The molecule has 0 saturated heterocycles. The van der Waals surface area contributed by atoms with E-state index in [4.69, 9.17) is 0 Å². The van der Waals surface area contributed by atoms with Crippen molar-refractivity contribution in [3.63, 3.8) is 0 Å². The van der Waals surface area contributed by atoms with Crippen molar-refractivity contribution < 1.29 is 4.79 Å². The standard InChI is InChI=1S/C18H28N4O/c23-18(14-8-4-3-5-9-14)20-17-13-12-16(21-22-17)19-15-10-6-1-2-7-11-15/h12-15H,1-11H2,(H,19,21)(H,20,22,23). The minimum Gasteiger partial charge on any atom is -0.366 e. The first-order valence-corrected chi connectivity index (χ1v) is 9.22. The van der Waals surface area contributed by atoms with Gasteiger partial charge in [-0.1, -0.05) is 44.9 Å². The van der Waals surface area contributed by atoms with Crippen molar-refractivity contribution in [1.82, 2.24) is 10.2 Å². The van der Waals surface area contributed by atoms with Crippen LogP contribution in [0, 0.1) is 5.92 Å². The van der Waals surface area contributed by atoms with E-state index >= 15 is 0 Å². The van der Waals surface area contributed by atoms with Crippen LogP contribution in [-0.4, -0.2) is 22.1 Å². The molecule has 0 radical (unpaired) electrons. The van der Waals surface area contributed by atoms with Crippen LogP contribution in [0.1, 0.15) is 70.6 Å². The van der Waals surface area contributed by atoms with Crippen LogP contribution >= 0.6 is 0 Å². The molecule has 2 aliphatic rings. The van der Waals surface area contributed by atoms with Gasteiger partial charge in [0.1, 0.15) is 5.82 Å². The molecule has 1 amide bonds. The van der Waals surface area contributed by atoms with Crippen LogP contribution < -0.4 is 10.6 Å². The average molecular weight is 316 g/mol. The maximum atomic E-state index is 12.2. The number of anilines is 2. The van der Waals surface area contributed by atoms with Crippen molar-refractivity contribution in [3.05, 3.63) is 12.1 Å². The molecule has 5 heteroatoms. The molecule has 1 aromatic rings. The Balaban J connectivity index is 1.51. The lowest BCUT2D eigenvalue weighted by Gasteiger charge is -2.20. The largest absolute Gasteiger partial charge is 0.366 e. The second-order valence-electron chi connectivity index (χ2n) is 6.96. The highest BCUT2D eigenvalue weighted by atomic mass is 16.1. The van der Waals surface area contributed by atoms with E-state index < -0.39 is 0 Å². The molecular formula is C18H28N4O. The van der Waals surface area contributed by atoms with Gasteiger partial charge < -0.3 is 10.6 Å². The first-order chi connectivity index (χ1) is 11.3. The zero-order valence-electron chi connectivity index (χ0n) is 13.9. The van der Waals surface area contributed by atoms with Gasteiger partial charge in [0, 0.05) is 12.0 Å². The van der Waals surface area contributed by atoms with Crippen molar-refractivity contribution in [3.8, 4) is 0 Å². The molecule has 0 aliphatic heterocycles. The molecule has 23 heavy (non-hydrogen) atoms. The molecule has 0 bridgehead atoms. The second kappa shape index (κ2) is 8.27. The van der Waals surface area contributed by atoms with E-state index in [1.807, 2.05) is 12.1 Å². The van der Waals surface area contributed by atoms with Gasteiger partial charge in [-0.2, -0.15) is 0 Å². The van der Waals surface area contributed by atoms with Crippen LogP contribution in [0.15, 0.2) is 12.1 Å². The Bertz CT molecular complexity index is 488. The minimum absolute atomic E-state index is 0.100. The average Bonchev–Trinajstić information content (AvgIpc) is 2.86. The molecule has 2 N–H and O–H groups in total. The lowest BCUT2D eigenvalue weighted by atomic mass is 9.89. The first-order valence-electron chi connectivity index (χ1n) is 9.22. The topological polar surface area (TPSA) is 66.9 Å². The molecule has 0 unspecified atom stereocenters. The van der Waals surface area contributed by atoms with Crippen molar-refractivity contribution in [2.24, 2.45) is 5.92 Å². The van der Waals surface area contributed by atoms with E-state index in [1.165, 1.54) is 44.9 Å². The van der Waals surface area contributed by atoms with E-state index in [0.29, 0.717) is 11.9 Å².